The second kappa shape index (κ2) is 7.73. The molecule has 1 aliphatic heterocycles. The molecule has 1 N–H and O–H groups in total. The Hall–Kier alpha value is -0.980. The van der Waals surface area contributed by atoms with Crippen LogP contribution in [0.15, 0.2) is 22.9 Å². The van der Waals surface area contributed by atoms with Gasteiger partial charge in [-0.15, -0.1) is 0 Å². The molecule has 6 heteroatoms. The summed E-state index contributed by atoms with van der Waals surface area (Å²) in [6.07, 6.45) is 9.40. The summed E-state index contributed by atoms with van der Waals surface area (Å²) < 4.78 is 6.33. The van der Waals surface area contributed by atoms with E-state index >= 15 is 0 Å². The topological polar surface area (TPSA) is 54.5 Å². The number of pyridine rings is 1. The summed E-state index contributed by atoms with van der Waals surface area (Å²) in [6, 6.07) is 1.81. The Labute approximate surface area is 145 Å². The molecule has 0 spiro atoms. The molecule has 3 rings (SSSR count). The van der Waals surface area contributed by atoms with Crippen LogP contribution < -0.4 is 5.32 Å². The molecule has 1 aromatic heterocycles. The zero-order valence-electron chi connectivity index (χ0n) is 13.4. The Kier molecular flexibility index (Phi) is 5.67. The lowest BCUT2D eigenvalue weighted by Gasteiger charge is -2.48. The molecule has 126 valence electrons. The van der Waals surface area contributed by atoms with E-state index in [-0.39, 0.29) is 11.4 Å². The number of halogens is 1. The Morgan fingerprint density at radius 1 is 1.26 bits per heavy atom. The number of hydrogen-bond donors (Lipinski definition) is 1. The Morgan fingerprint density at radius 2 is 2.00 bits per heavy atom. The van der Waals surface area contributed by atoms with E-state index in [0.29, 0.717) is 12.1 Å². The van der Waals surface area contributed by atoms with Gasteiger partial charge in [0.05, 0.1) is 18.8 Å². The van der Waals surface area contributed by atoms with Crippen LogP contribution in [0.2, 0.25) is 0 Å². The number of amides is 1. The number of carbonyl (C=O) groups is 1. The van der Waals surface area contributed by atoms with Gasteiger partial charge in [-0.2, -0.15) is 0 Å². The van der Waals surface area contributed by atoms with Crippen molar-refractivity contribution in [1.29, 1.82) is 0 Å². The normalized spacial score (nSPS) is 21.8. The van der Waals surface area contributed by atoms with Crippen LogP contribution in [-0.4, -0.2) is 54.2 Å². The van der Waals surface area contributed by atoms with Gasteiger partial charge in [-0.1, -0.05) is 19.3 Å². The van der Waals surface area contributed by atoms with Crippen LogP contribution in [0.3, 0.4) is 0 Å². The van der Waals surface area contributed by atoms with Crippen LogP contribution in [0.1, 0.15) is 42.5 Å². The lowest BCUT2D eigenvalue weighted by atomic mass is 9.79. The van der Waals surface area contributed by atoms with E-state index in [1.807, 2.05) is 6.07 Å². The minimum Gasteiger partial charge on any atom is -0.379 e. The number of nitrogens with one attached hydrogen (secondary N) is 1. The first-order valence-electron chi connectivity index (χ1n) is 8.41. The smallest absolute Gasteiger partial charge is 0.252 e. The van der Waals surface area contributed by atoms with E-state index in [9.17, 15) is 4.79 Å². The third kappa shape index (κ3) is 4.11. The third-order valence-corrected chi connectivity index (χ3v) is 5.44. The number of nitrogens with zero attached hydrogens (tertiary/aromatic N) is 2. The van der Waals surface area contributed by atoms with Crippen molar-refractivity contribution in [1.82, 2.24) is 15.2 Å². The summed E-state index contributed by atoms with van der Waals surface area (Å²) in [7, 11) is 0. The molecule has 1 aliphatic carbocycles. The van der Waals surface area contributed by atoms with Crippen LogP contribution in [-0.2, 0) is 4.74 Å². The Bertz CT molecular complexity index is 540. The van der Waals surface area contributed by atoms with Gasteiger partial charge in [-0.25, -0.2) is 0 Å². The maximum Gasteiger partial charge on any atom is 0.252 e. The van der Waals surface area contributed by atoms with Crippen molar-refractivity contribution in [2.75, 3.05) is 32.8 Å². The van der Waals surface area contributed by atoms with Gasteiger partial charge in [0.15, 0.2) is 0 Å². The van der Waals surface area contributed by atoms with E-state index in [1.54, 1.807) is 12.4 Å². The van der Waals surface area contributed by atoms with Gasteiger partial charge in [0.25, 0.3) is 5.91 Å². The highest BCUT2D eigenvalue weighted by Gasteiger charge is 2.38. The highest BCUT2D eigenvalue weighted by Crippen LogP contribution is 2.33. The lowest BCUT2D eigenvalue weighted by molar-refractivity contribution is -0.0361. The number of hydrogen-bond acceptors (Lipinski definition) is 4. The van der Waals surface area contributed by atoms with Gasteiger partial charge in [-0.3, -0.25) is 14.7 Å². The summed E-state index contributed by atoms with van der Waals surface area (Å²) in [6.45, 7) is 4.23. The van der Waals surface area contributed by atoms with Crippen LogP contribution in [0.25, 0.3) is 0 Å². The molecule has 2 fully saturated rings. The molecule has 2 aliphatic rings. The Morgan fingerprint density at radius 3 is 2.70 bits per heavy atom. The van der Waals surface area contributed by atoms with Crippen LogP contribution in [0, 0.1) is 0 Å². The number of carbonyl (C=O) groups excluding carboxylic acids is 1. The summed E-state index contributed by atoms with van der Waals surface area (Å²) >= 11 is 3.37. The second-order valence-corrected chi connectivity index (χ2v) is 7.37. The monoisotopic (exact) mass is 381 g/mol. The van der Waals surface area contributed by atoms with Gasteiger partial charge in [0.2, 0.25) is 0 Å². The SMILES string of the molecule is O=C(NCC1(N2CCOCC2)CCCCC1)c1cncc(Br)c1. The number of morpholine rings is 1. The molecule has 5 nitrogen and oxygen atoms in total. The van der Waals surface area contributed by atoms with Crippen LogP contribution >= 0.6 is 15.9 Å². The predicted molar refractivity (Wildman–Crippen MR) is 92.5 cm³/mol. The molecule has 2 heterocycles. The fourth-order valence-corrected chi connectivity index (χ4v) is 4.10. The van der Waals surface area contributed by atoms with E-state index in [2.05, 4.69) is 31.1 Å². The van der Waals surface area contributed by atoms with E-state index in [4.69, 9.17) is 4.74 Å². The van der Waals surface area contributed by atoms with Gasteiger partial charge < -0.3 is 10.1 Å². The fraction of sp³-hybridized carbons (Fsp3) is 0.647. The van der Waals surface area contributed by atoms with Gasteiger partial charge in [0, 0.05) is 42.0 Å². The molecule has 0 aromatic carbocycles. The fourth-order valence-electron chi connectivity index (χ4n) is 3.74. The van der Waals surface area contributed by atoms with Crippen LogP contribution in [0.5, 0.6) is 0 Å². The average Bonchev–Trinajstić information content (AvgIpc) is 2.61. The van der Waals surface area contributed by atoms with Crippen molar-refractivity contribution in [3.05, 3.63) is 28.5 Å². The van der Waals surface area contributed by atoms with Crippen molar-refractivity contribution < 1.29 is 9.53 Å². The first-order chi connectivity index (χ1) is 11.2. The highest BCUT2D eigenvalue weighted by molar-refractivity contribution is 9.10. The molecule has 0 unspecified atom stereocenters. The molecule has 1 amide bonds. The van der Waals surface area contributed by atoms with Gasteiger partial charge >= 0.3 is 0 Å². The quantitative estimate of drug-likeness (QED) is 0.870. The molecule has 23 heavy (non-hydrogen) atoms. The minimum atomic E-state index is -0.0444. The van der Waals surface area contributed by atoms with Crippen LogP contribution in [0.4, 0.5) is 0 Å². The van der Waals surface area contributed by atoms with Crippen molar-refractivity contribution in [3.63, 3.8) is 0 Å². The zero-order valence-corrected chi connectivity index (χ0v) is 15.0. The average molecular weight is 382 g/mol. The van der Waals surface area contributed by atoms with Crippen molar-refractivity contribution in [2.24, 2.45) is 0 Å². The maximum atomic E-state index is 12.4. The van der Waals surface area contributed by atoms with Gasteiger partial charge in [0.1, 0.15) is 0 Å². The molecule has 0 atom stereocenters. The zero-order chi connectivity index (χ0) is 16.1. The first-order valence-corrected chi connectivity index (χ1v) is 9.20. The van der Waals surface area contributed by atoms with Crippen molar-refractivity contribution in [2.45, 2.75) is 37.6 Å². The second-order valence-electron chi connectivity index (χ2n) is 6.46. The lowest BCUT2D eigenvalue weighted by Crippen LogP contribution is -2.59. The van der Waals surface area contributed by atoms with E-state index in [1.165, 1.54) is 19.3 Å². The highest BCUT2D eigenvalue weighted by atomic mass is 79.9. The van der Waals surface area contributed by atoms with Crippen molar-refractivity contribution >= 4 is 21.8 Å². The van der Waals surface area contributed by atoms with E-state index < -0.39 is 0 Å². The largest absolute Gasteiger partial charge is 0.379 e. The van der Waals surface area contributed by atoms with Crippen molar-refractivity contribution in [3.8, 4) is 0 Å². The minimum absolute atomic E-state index is 0.0444. The maximum absolute atomic E-state index is 12.4. The summed E-state index contributed by atoms with van der Waals surface area (Å²) in [5, 5.41) is 3.15. The molecular formula is C17H24BrN3O2. The molecular weight excluding hydrogens is 358 g/mol. The summed E-state index contributed by atoms with van der Waals surface area (Å²) in [4.78, 5) is 19.1. The summed E-state index contributed by atoms with van der Waals surface area (Å²) in [5.74, 6) is -0.0444. The molecule has 0 radical (unpaired) electrons. The summed E-state index contributed by atoms with van der Waals surface area (Å²) in [5.41, 5.74) is 0.698. The number of rotatable bonds is 4. The number of ether oxygens (including phenoxy) is 1. The third-order valence-electron chi connectivity index (χ3n) is 5.01. The van der Waals surface area contributed by atoms with E-state index in [0.717, 1.165) is 43.6 Å². The standard InChI is InChI=1S/C17H24BrN3O2/c18-15-10-14(11-19-12-15)16(22)20-13-17(4-2-1-3-5-17)21-6-8-23-9-7-21/h10-12H,1-9,13H2,(H,20,22). The first kappa shape index (κ1) is 16.9. The molecule has 1 aromatic rings. The predicted octanol–water partition coefficient (Wildman–Crippen LogP) is 2.61. The molecule has 1 saturated heterocycles. The van der Waals surface area contributed by atoms with Gasteiger partial charge in [-0.05, 0) is 34.8 Å². The molecule has 1 saturated carbocycles. The molecule has 0 bridgehead atoms. The Balaban J connectivity index is 1.67. The number of aromatic nitrogens is 1.